The molecule has 1 heterocycles. The van der Waals surface area contributed by atoms with Crippen LogP contribution in [-0.4, -0.2) is 32.2 Å². The van der Waals surface area contributed by atoms with E-state index >= 15 is 0 Å². The van der Waals surface area contributed by atoms with Crippen LogP contribution in [0.25, 0.3) is 0 Å². The minimum absolute atomic E-state index is 0.0296. The van der Waals surface area contributed by atoms with Gasteiger partial charge in [0.1, 0.15) is 0 Å². The average Bonchev–Trinajstić information content (AvgIpc) is 2.26. The number of nitrogens with one attached hydrogen (secondary N) is 1. The molecule has 104 valence electrons. The van der Waals surface area contributed by atoms with Gasteiger partial charge in [-0.2, -0.15) is 0 Å². The average molecular weight is 284 g/mol. The Morgan fingerprint density at radius 2 is 2.11 bits per heavy atom. The number of hydrogen-bond acceptors (Lipinski definition) is 5. The van der Waals surface area contributed by atoms with E-state index in [9.17, 15) is 18.5 Å². The first-order valence-electron chi connectivity index (χ1n) is 6.03. The van der Waals surface area contributed by atoms with Crippen LogP contribution in [0.2, 0.25) is 0 Å². The van der Waals surface area contributed by atoms with Crippen molar-refractivity contribution in [2.75, 3.05) is 18.8 Å². The summed E-state index contributed by atoms with van der Waals surface area (Å²) in [5.41, 5.74) is 0.919. The van der Waals surface area contributed by atoms with Crippen molar-refractivity contribution in [2.45, 2.75) is 12.7 Å². The maximum atomic E-state index is 12.0. The molecular formula is C12H16N2O4S. The predicted octanol–water partition coefficient (Wildman–Crippen LogP) is 1.04. The zero-order valence-electron chi connectivity index (χ0n) is 10.6. The predicted molar refractivity (Wildman–Crippen MR) is 71.7 cm³/mol. The SMILES string of the molecule is Cc1c(CS(=O)(=O)CC2CNC2)cccc1[N+](=O)[O-]. The molecule has 0 unspecified atom stereocenters. The van der Waals surface area contributed by atoms with E-state index in [1.54, 1.807) is 13.0 Å². The van der Waals surface area contributed by atoms with Gasteiger partial charge in [-0.25, -0.2) is 8.42 Å². The summed E-state index contributed by atoms with van der Waals surface area (Å²) in [6.45, 7) is 3.05. The first kappa shape index (κ1) is 14.0. The molecular weight excluding hydrogens is 268 g/mol. The molecule has 1 saturated heterocycles. The maximum Gasteiger partial charge on any atom is 0.272 e. The molecule has 0 aromatic heterocycles. The fourth-order valence-electron chi connectivity index (χ4n) is 2.15. The van der Waals surface area contributed by atoms with Gasteiger partial charge in [0.2, 0.25) is 0 Å². The molecule has 0 bridgehead atoms. The normalized spacial score (nSPS) is 16.1. The van der Waals surface area contributed by atoms with E-state index in [1.165, 1.54) is 12.1 Å². The van der Waals surface area contributed by atoms with Crippen LogP contribution in [0, 0.1) is 23.0 Å². The molecule has 6 nitrogen and oxygen atoms in total. The molecule has 0 amide bonds. The highest BCUT2D eigenvalue weighted by atomic mass is 32.2. The molecule has 0 aliphatic carbocycles. The van der Waals surface area contributed by atoms with Gasteiger partial charge in [-0.15, -0.1) is 0 Å². The Morgan fingerprint density at radius 1 is 1.42 bits per heavy atom. The van der Waals surface area contributed by atoms with E-state index < -0.39 is 14.8 Å². The molecule has 0 saturated carbocycles. The van der Waals surface area contributed by atoms with E-state index in [0.29, 0.717) is 11.1 Å². The van der Waals surface area contributed by atoms with Crippen LogP contribution in [0.5, 0.6) is 0 Å². The van der Waals surface area contributed by atoms with E-state index in [0.717, 1.165) is 13.1 Å². The lowest BCUT2D eigenvalue weighted by Crippen LogP contribution is -2.45. The quantitative estimate of drug-likeness (QED) is 0.644. The van der Waals surface area contributed by atoms with Crippen LogP contribution in [0.1, 0.15) is 11.1 Å². The largest absolute Gasteiger partial charge is 0.316 e. The monoisotopic (exact) mass is 284 g/mol. The number of nitro benzene ring substituents is 1. The van der Waals surface area contributed by atoms with Crippen LogP contribution in [-0.2, 0) is 15.6 Å². The second kappa shape index (κ2) is 5.26. The third kappa shape index (κ3) is 3.30. The second-order valence-electron chi connectivity index (χ2n) is 4.90. The Morgan fingerprint density at radius 3 is 2.63 bits per heavy atom. The minimum atomic E-state index is -3.22. The van der Waals surface area contributed by atoms with Crippen LogP contribution >= 0.6 is 0 Å². The Hall–Kier alpha value is -1.47. The van der Waals surface area contributed by atoms with Crippen LogP contribution in [0.4, 0.5) is 5.69 Å². The first-order chi connectivity index (χ1) is 8.89. The Kier molecular flexibility index (Phi) is 3.86. The zero-order valence-corrected chi connectivity index (χ0v) is 11.4. The fourth-order valence-corrected chi connectivity index (χ4v) is 4.00. The topological polar surface area (TPSA) is 89.3 Å². The van der Waals surface area contributed by atoms with Gasteiger partial charge < -0.3 is 5.32 Å². The van der Waals surface area contributed by atoms with Gasteiger partial charge in [0.05, 0.1) is 16.4 Å². The molecule has 1 aliphatic heterocycles. The summed E-state index contributed by atoms with van der Waals surface area (Å²) in [7, 11) is -3.22. The minimum Gasteiger partial charge on any atom is -0.316 e. The van der Waals surface area contributed by atoms with E-state index in [1.807, 2.05) is 0 Å². The number of sulfone groups is 1. The lowest BCUT2D eigenvalue weighted by molar-refractivity contribution is -0.385. The number of benzene rings is 1. The number of hydrogen-bond donors (Lipinski definition) is 1. The van der Waals surface area contributed by atoms with E-state index in [4.69, 9.17) is 0 Å². The Balaban J connectivity index is 2.18. The number of rotatable bonds is 5. The van der Waals surface area contributed by atoms with Crippen molar-refractivity contribution in [2.24, 2.45) is 5.92 Å². The molecule has 7 heteroatoms. The van der Waals surface area contributed by atoms with Gasteiger partial charge in [-0.3, -0.25) is 10.1 Å². The van der Waals surface area contributed by atoms with Crippen LogP contribution in [0.15, 0.2) is 18.2 Å². The van der Waals surface area contributed by atoms with Crippen molar-refractivity contribution in [1.82, 2.24) is 5.32 Å². The smallest absolute Gasteiger partial charge is 0.272 e. The summed E-state index contributed by atoms with van der Waals surface area (Å²) in [6, 6.07) is 4.56. The summed E-state index contributed by atoms with van der Waals surface area (Å²) in [5.74, 6) is 0.183. The fraction of sp³-hybridized carbons (Fsp3) is 0.500. The van der Waals surface area contributed by atoms with E-state index in [2.05, 4.69) is 5.32 Å². The highest BCUT2D eigenvalue weighted by molar-refractivity contribution is 7.90. The number of nitro groups is 1. The van der Waals surface area contributed by atoms with Crippen LogP contribution < -0.4 is 5.32 Å². The highest BCUT2D eigenvalue weighted by Gasteiger charge is 2.25. The maximum absolute atomic E-state index is 12.0. The summed E-state index contributed by atoms with van der Waals surface area (Å²) >= 11 is 0. The molecule has 1 fully saturated rings. The zero-order chi connectivity index (χ0) is 14.0. The standard InChI is InChI=1S/C12H16N2O4S/c1-9-11(3-2-4-12(9)14(15)16)8-19(17,18)7-10-5-13-6-10/h2-4,10,13H,5-8H2,1H3. The lowest BCUT2D eigenvalue weighted by Gasteiger charge is -2.26. The summed E-state index contributed by atoms with van der Waals surface area (Å²) in [6.07, 6.45) is 0. The third-order valence-electron chi connectivity index (χ3n) is 3.35. The molecule has 0 atom stereocenters. The van der Waals surface area contributed by atoms with Crippen molar-refractivity contribution < 1.29 is 13.3 Å². The Bertz CT molecular complexity index is 594. The molecule has 1 N–H and O–H groups in total. The van der Waals surface area contributed by atoms with Crippen molar-refractivity contribution in [3.8, 4) is 0 Å². The summed E-state index contributed by atoms with van der Waals surface area (Å²) < 4.78 is 24.1. The molecule has 19 heavy (non-hydrogen) atoms. The third-order valence-corrected chi connectivity index (χ3v) is 5.08. The van der Waals surface area contributed by atoms with Gasteiger partial charge in [0, 0.05) is 24.7 Å². The Labute approximate surface area is 111 Å². The van der Waals surface area contributed by atoms with Gasteiger partial charge in [-0.1, -0.05) is 12.1 Å². The van der Waals surface area contributed by atoms with Gasteiger partial charge in [0.25, 0.3) is 5.69 Å². The highest BCUT2D eigenvalue weighted by Crippen LogP contribution is 2.23. The molecule has 2 rings (SSSR count). The van der Waals surface area contributed by atoms with Crippen molar-refractivity contribution in [3.63, 3.8) is 0 Å². The molecule has 1 aromatic carbocycles. The van der Waals surface area contributed by atoms with Gasteiger partial charge in [-0.05, 0) is 18.4 Å². The molecule has 0 spiro atoms. The molecule has 1 aliphatic rings. The van der Waals surface area contributed by atoms with Crippen molar-refractivity contribution in [1.29, 1.82) is 0 Å². The summed E-state index contributed by atoms with van der Waals surface area (Å²) in [4.78, 5) is 10.3. The van der Waals surface area contributed by atoms with Crippen molar-refractivity contribution >= 4 is 15.5 Å². The summed E-state index contributed by atoms with van der Waals surface area (Å²) in [5, 5.41) is 13.8. The number of nitrogens with zero attached hydrogens (tertiary/aromatic N) is 1. The van der Waals surface area contributed by atoms with Gasteiger partial charge in [0.15, 0.2) is 9.84 Å². The van der Waals surface area contributed by atoms with E-state index in [-0.39, 0.29) is 23.1 Å². The second-order valence-corrected chi connectivity index (χ2v) is 7.01. The molecule has 0 radical (unpaired) electrons. The van der Waals surface area contributed by atoms with Gasteiger partial charge >= 0.3 is 0 Å². The van der Waals surface area contributed by atoms with Crippen molar-refractivity contribution in [3.05, 3.63) is 39.4 Å². The first-order valence-corrected chi connectivity index (χ1v) is 7.85. The lowest BCUT2D eigenvalue weighted by atomic mass is 10.1. The van der Waals surface area contributed by atoms with Crippen LogP contribution in [0.3, 0.4) is 0 Å². The molecule has 1 aromatic rings.